The standard InChI is InChI=1S/C24H32N2O2/c1-4-23(28-22-13-18(2)12-19(3)14-22)24(27)25-16-20-8-7-9-21(15-20)17-26-10-5-6-11-26/h7-9,12-15,23H,4-6,10-11,16-17H2,1-3H3,(H,25,27)/t23-/m0/s1. The Bertz CT molecular complexity index is 777. The molecule has 1 N–H and O–H groups in total. The topological polar surface area (TPSA) is 41.6 Å². The molecule has 150 valence electrons. The number of benzene rings is 2. The molecule has 1 aliphatic rings. The van der Waals surface area contributed by atoms with Gasteiger partial charge in [-0.1, -0.05) is 37.3 Å². The zero-order valence-corrected chi connectivity index (χ0v) is 17.3. The molecule has 28 heavy (non-hydrogen) atoms. The minimum Gasteiger partial charge on any atom is -0.481 e. The van der Waals surface area contributed by atoms with Gasteiger partial charge in [0.2, 0.25) is 0 Å². The quantitative estimate of drug-likeness (QED) is 0.739. The maximum atomic E-state index is 12.6. The van der Waals surface area contributed by atoms with Gasteiger partial charge < -0.3 is 10.1 Å². The number of aryl methyl sites for hydroxylation is 2. The lowest BCUT2D eigenvalue weighted by Gasteiger charge is -2.18. The van der Waals surface area contributed by atoms with Crippen LogP contribution in [0.15, 0.2) is 42.5 Å². The fourth-order valence-electron chi connectivity index (χ4n) is 3.83. The second-order valence-corrected chi connectivity index (χ2v) is 7.86. The fourth-order valence-corrected chi connectivity index (χ4v) is 3.83. The predicted molar refractivity (Wildman–Crippen MR) is 113 cm³/mol. The summed E-state index contributed by atoms with van der Waals surface area (Å²) in [5, 5.41) is 3.04. The number of hydrogen-bond acceptors (Lipinski definition) is 3. The number of amides is 1. The Labute approximate surface area is 168 Å². The van der Waals surface area contributed by atoms with E-state index in [0.717, 1.165) is 29.0 Å². The van der Waals surface area contributed by atoms with Crippen molar-refractivity contribution in [2.45, 2.75) is 59.2 Å². The molecule has 1 fully saturated rings. The first-order valence-electron chi connectivity index (χ1n) is 10.4. The van der Waals surface area contributed by atoms with E-state index in [1.54, 1.807) is 0 Å². The van der Waals surface area contributed by atoms with E-state index in [9.17, 15) is 4.79 Å². The van der Waals surface area contributed by atoms with Gasteiger partial charge in [0, 0.05) is 13.1 Å². The number of rotatable bonds is 8. The van der Waals surface area contributed by atoms with Crippen LogP contribution in [-0.4, -0.2) is 30.0 Å². The highest BCUT2D eigenvalue weighted by Gasteiger charge is 2.18. The highest BCUT2D eigenvalue weighted by Crippen LogP contribution is 2.19. The molecule has 2 aromatic carbocycles. The van der Waals surface area contributed by atoms with Gasteiger partial charge in [-0.3, -0.25) is 9.69 Å². The zero-order chi connectivity index (χ0) is 19.9. The van der Waals surface area contributed by atoms with E-state index in [4.69, 9.17) is 4.74 Å². The molecule has 1 atom stereocenters. The minimum absolute atomic E-state index is 0.0633. The summed E-state index contributed by atoms with van der Waals surface area (Å²) < 4.78 is 5.97. The molecule has 1 amide bonds. The Hall–Kier alpha value is -2.33. The van der Waals surface area contributed by atoms with Gasteiger partial charge in [-0.15, -0.1) is 0 Å². The predicted octanol–water partition coefficient (Wildman–Crippen LogP) is 4.37. The second kappa shape index (κ2) is 9.74. The van der Waals surface area contributed by atoms with Crippen LogP contribution in [0.3, 0.4) is 0 Å². The van der Waals surface area contributed by atoms with Crippen molar-refractivity contribution < 1.29 is 9.53 Å². The van der Waals surface area contributed by atoms with E-state index in [0.29, 0.717) is 13.0 Å². The van der Waals surface area contributed by atoms with Crippen LogP contribution in [0.4, 0.5) is 0 Å². The van der Waals surface area contributed by atoms with Gasteiger partial charge in [0.05, 0.1) is 0 Å². The van der Waals surface area contributed by atoms with E-state index < -0.39 is 6.10 Å². The van der Waals surface area contributed by atoms with Crippen molar-refractivity contribution in [2.24, 2.45) is 0 Å². The van der Waals surface area contributed by atoms with E-state index in [-0.39, 0.29) is 5.91 Å². The Morgan fingerprint density at radius 3 is 2.43 bits per heavy atom. The zero-order valence-electron chi connectivity index (χ0n) is 17.3. The third-order valence-electron chi connectivity index (χ3n) is 5.20. The molecule has 0 spiro atoms. The number of likely N-dealkylation sites (tertiary alicyclic amines) is 1. The molecule has 0 saturated carbocycles. The average molecular weight is 381 g/mol. The van der Waals surface area contributed by atoms with Crippen molar-refractivity contribution in [1.29, 1.82) is 0 Å². The van der Waals surface area contributed by atoms with Crippen LogP contribution < -0.4 is 10.1 Å². The number of ether oxygens (including phenoxy) is 1. The van der Waals surface area contributed by atoms with Crippen LogP contribution in [0.5, 0.6) is 5.75 Å². The smallest absolute Gasteiger partial charge is 0.261 e. The van der Waals surface area contributed by atoms with E-state index in [1.807, 2.05) is 32.9 Å². The molecule has 4 heteroatoms. The Kier molecular flexibility index (Phi) is 7.10. The summed E-state index contributed by atoms with van der Waals surface area (Å²) in [7, 11) is 0. The molecule has 0 bridgehead atoms. The summed E-state index contributed by atoms with van der Waals surface area (Å²) in [6, 6.07) is 14.6. The summed E-state index contributed by atoms with van der Waals surface area (Å²) in [6.45, 7) is 9.95. The largest absolute Gasteiger partial charge is 0.481 e. The van der Waals surface area contributed by atoms with Gasteiger partial charge in [-0.2, -0.15) is 0 Å². The highest BCUT2D eigenvalue weighted by molar-refractivity contribution is 5.81. The summed E-state index contributed by atoms with van der Waals surface area (Å²) in [4.78, 5) is 15.1. The summed E-state index contributed by atoms with van der Waals surface area (Å²) in [5.74, 6) is 0.693. The summed E-state index contributed by atoms with van der Waals surface area (Å²) >= 11 is 0. The molecule has 1 aliphatic heterocycles. The van der Waals surface area contributed by atoms with E-state index >= 15 is 0 Å². The van der Waals surface area contributed by atoms with Crippen LogP contribution in [0.25, 0.3) is 0 Å². The molecule has 0 unspecified atom stereocenters. The molecule has 1 heterocycles. The van der Waals surface area contributed by atoms with Gasteiger partial charge in [0.1, 0.15) is 5.75 Å². The van der Waals surface area contributed by atoms with Crippen LogP contribution in [0, 0.1) is 13.8 Å². The first-order chi connectivity index (χ1) is 13.5. The molecule has 3 rings (SSSR count). The van der Waals surface area contributed by atoms with Crippen molar-refractivity contribution in [3.05, 3.63) is 64.7 Å². The molecular formula is C24H32N2O2. The second-order valence-electron chi connectivity index (χ2n) is 7.86. The summed E-state index contributed by atoms with van der Waals surface area (Å²) in [5.41, 5.74) is 4.72. The lowest BCUT2D eigenvalue weighted by atomic mass is 10.1. The molecule has 0 radical (unpaired) electrons. The van der Waals surface area contributed by atoms with Crippen LogP contribution in [0.2, 0.25) is 0 Å². The highest BCUT2D eigenvalue weighted by atomic mass is 16.5. The Morgan fingerprint density at radius 1 is 1.07 bits per heavy atom. The van der Waals surface area contributed by atoms with Crippen molar-refractivity contribution >= 4 is 5.91 Å². The first kappa shape index (κ1) is 20.4. The monoisotopic (exact) mass is 380 g/mol. The lowest BCUT2D eigenvalue weighted by molar-refractivity contribution is -0.128. The maximum Gasteiger partial charge on any atom is 0.261 e. The van der Waals surface area contributed by atoms with Gasteiger partial charge in [0.15, 0.2) is 6.10 Å². The van der Waals surface area contributed by atoms with E-state index in [2.05, 4.69) is 40.5 Å². The third kappa shape index (κ3) is 5.83. The molecule has 0 aliphatic carbocycles. The van der Waals surface area contributed by atoms with Gasteiger partial charge in [-0.05, 0) is 80.6 Å². The number of carbonyl (C=O) groups is 1. The van der Waals surface area contributed by atoms with E-state index in [1.165, 1.54) is 31.5 Å². The maximum absolute atomic E-state index is 12.6. The number of nitrogens with one attached hydrogen (secondary N) is 1. The lowest BCUT2D eigenvalue weighted by Crippen LogP contribution is -2.37. The Morgan fingerprint density at radius 2 is 1.75 bits per heavy atom. The van der Waals surface area contributed by atoms with Crippen LogP contribution >= 0.6 is 0 Å². The minimum atomic E-state index is -0.478. The molecule has 4 nitrogen and oxygen atoms in total. The first-order valence-corrected chi connectivity index (χ1v) is 10.4. The molecule has 2 aromatic rings. The summed E-state index contributed by atoms with van der Waals surface area (Å²) in [6.07, 6.45) is 2.76. The van der Waals surface area contributed by atoms with Crippen molar-refractivity contribution in [3.63, 3.8) is 0 Å². The number of hydrogen-bond donors (Lipinski definition) is 1. The van der Waals surface area contributed by atoms with Crippen molar-refractivity contribution in [3.8, 4) is 5.75 Å². The Balaban J connectivity index is 1.55. The third-order valence-corrected chi connectivity index (χ3v) is 5.20. The average Bonchev–Trinajstić information content (AvgIpc) is 3.16. The van der Waals surface area contributed by atoms with Gasteiger partial charge >= 0.3 is 0 Å². The van der Waals surface area contributed by atoms with Crippen molar-refractivity contribution in [2.75, 3.05) is 13.1 Å². The van der Waals surface area contributed by atoms with Crippen molar-refractivity contribution in [1.82, 2.24) is 10.2 Å². The fraction of sp³-hybridized carbons (Fsp3) is 0.458. The number of nitrogens with zero attached hydrogens (tertiary/aromatic N) is 1. The number of carbonyl (C=O) groups excluding carboxylic acids is 1. The molecule has 1 saturated heterocycles. The molecular weight excluding hydrogens is 348 g/mol. The van der Waals surface area contributed by atoms with Gasteiger partial charge in [0.25, 0.3) is 5.91 Å². The molecule has 0 aromatic heterocycles. The van der Waals surface area contributed by atoms with Crippen LogP contribution in [-0.2, 0) is 17.9 Å². The van der Waals surface area contributed by atoms with Crippen LogP contribution in [0.1, 0.15) is 48.4 Å². The van der Waals surface area contributed by atoms with Gasteiger partial charge in [-0.25, -0.2) is 0 Å². The normalized spacial score (nSPS) is 15.4. The SMILES string of the molecule is CC[C@H](Oc1cc(C)cc(C)c1)C(=O)NCc1cccc(CN2CCCC2)c1.